The maximum atomic E-state index is 13.8. The van der Waals surface area contributed by atoms with Gasteiger partial charge in [0, 0.05) is 6.07 Å². The summed E-state index contributed by atoms with van der Waals surface area (Å²) < 4.78 is 38.0. The summed E-state index contributed by atoms with van der Waals surface area (Å²) in [5.74, 6) is -3.38. The summed E-state index contributed by atoms with van der Waals surface area (Å²) in [7, 11) is 0. The number of benzene rings is 4. The van der Waals surface area contributed by atoms with Crippen LogP contribution in [0.4, 0.5) is 19.3 Å². The number of anilines is 1. The van der Waals surface area contributed by atoms with Crippen LogP contribution in [0.3, 0.4) is 0 Å². The van der Waals surface area contributed by atoms with Crippen molar-refractivity contribution in [1.29, 1.82) is 0 Å². The van der Waals surface area contributed by atoms with Crippen LogP contribution in [-0.2, 0) is 22.7 Å². The van der Waals surface area contributed by atoms with Gasteiger partial charge in [0.25, 0.3) is 0 Å². The number of carbonyl (C=O) groups excluding carboxylic acids is 2. The Bertz CT molecular complexity index is 1310. The molecule has 0 aliphatic heterocycles. The number of nitrogens with one attached hydrogen (secondary N) is 1. The zero-order valence-electron chi connectivity index (χ0n) is 17.4. The third kappa shape index (κ3) is 5.51. The largest absolute Gasteiger partial charge is 0.457 e. The van der Waals surface area contributed by atoms with Crippen LogP contribution in [0, 0.1) is 11.6 Å². The Morgan fingerprint density at radius 1 is 0.697 bits per heavy atom. The van der Waals surface area contributed by atoms with Gasteiger partial charge in [0.1, 0.15) is 13.2 Å². The maximum absolute atomic E-state index is 13.8. The first-order valence-electron chi connectivity index (χ1n) is 10.1. The minimum atomic E-state index is -1.24. The Morgan fingerprint density at radius 3 is 2.15 bits per heavy atom. The monoisotopic (exact) mass is 447 g/mol. The third-order valence-corrected chi connectivity index (χ3v) is 4.91. The topological polar surface area (TPSA) is 64.6 Å². The van der Waals surface area contributed by atoms with E-state index in [1.165, 1.54) is 0 Å². The molecule has 4 aromatic carbocycles. The fraction of sp³-hybridized carbons (Fsp3) is 0.0769. The van der Waals surface area contributed by atoms with Gasteiger partial charge in [0.2, 0.25) is 0 Å². The molecule has 0 saturated heterocycles. The molecule has 0 aliphatic carbocycles. The Morgan fingerprint density at radius 2 is 1.36 bits per heavy atom. The van der Waals surface area contributed by atoms with Crippen LogP contribution in [0.2, 0.25) is 0 Å². The number of carbonyl (C=O) groups is 2. The normalized spacial score (nSPS) is 10.6. The lowest BCUT2D eigenvalue weighted by atomic mass is 10.1. The van der Waals surface area contributed by atoms with Crippen molar-refractivity contribution in [3.63, 3.8) is 0 Å². The van der Waals surface area contributed by atoms with Crippen LogP contribution < -0.4 is 5.32 Å². The Hall–Kier alpha value is -4.26. The molecule has 0 saturated carbocycles. The zero-order valence-corrected chi connectivity index (χ0v) is 17.4. The van der Waals surface area contributed by atoms with E-state index in [-0.39, 0.29) is 24.5 Å². The van der Waals surface area contributed by atoms with E-state index in [1.807, 2.05) is 48.5 Å². The summed E-state index contributed by atoms with van der Waals surface area (Å²) in [4.78, 5) is 24.8. The highest BCUT2D eigenvalue weighted by Crippen LogP contribution is 2.22. The van der Waals surface area contributed by atoms with Gasteiger partial charge in [-0.2, -0.15) is 0 Å². The number of amides is 1. The van der Waals surface area contributed by atoms with E-state index in [1.54, 1.807) is 24.3 Å². The molecule has 7 heteroatoms. The van der Waals surface area contributed by atoms with Crippen molar-refractivity contribution < 1.29 is 27.8 Å². The van der Waals surface area contributed by atoms with E-state index in [9.17, 15) is 18.4 Å². The summed E-state index contributed by atoms with van der Waals surface area (Å²) >= 11 is 0. The fourth-order valence-electron chi connectivity index (χ4n) is 3.24. The molecule has 33 heavy (non-hydrogen) atoms. The van der Waals surface area contributed by atoms with Gasteiger partial charge < -0.3 is 9.47 Å². The highest BCUT2D eigenvalue weighted by molar-refractivity contribution is 5.99. The van der Waals surface area contributed by atoms with Crippen LogP contribution in [0.5, 0.6) is 0 Å². The molecular formula is C26H19F2NO4. The lowest BCUT2D eigenvalue weighted by Gasteiger charge is -2.12. The molecule has 0 aliphatic rings. The van der Waals surface area contributed by atoms with Gasteiger partial charge in [-0.25, -0.2) is 18.4 Å². The standard InChI is InChI=1S/C26H19F2NO4/c27-22-13-21(25(30)32-15-17-6-2-1-3-7-17)24(14-23(22)28)29-26(31)33-16-18-10-11-19-8-4-5-9-20(19)12-18/h1-14H,15-16H2,(H,29,31). The van der Waals surface area contributed by atoms with Crippen LogP contribution in [-0.4, -0.2) is 12.1 Å². The predicted octanol–water partition coefficient (Wildman–Crippen LogP) is 6.22. The van der Waals surface area contributed by atoms with Gasteiger partial charge in [-0.1, -0.05) is 66.7 Å². The van der Waals surface area contributed by atoms with Gasteiger partial charge >= 0.3 is 12.1 Å². The molecular weight excluding hydrogens is 428 g/mol. The molecule has 0 bridgehead atoms. The number of fused-ring (bicyclic) bond motifs is 1. The number of hydrogen-bond acceptors (Lipinski definition) is 4. The summed E-state index contributed by atoms with van der Waals surface area (Å²) in [6.07, 6.45) is -0.925. The minimum Gasteiger partial charge on any atom is -0.457 e. The Balaban J connectivity index is 1.44. The van der Waals surface area contributed by atoms with Gasteiger partial charge in [0.05, 0.1) is 11.3 Å². The molecule has 1 amide bonds. The van der Waals surface area contributed by atoms with Gasteiger partial charge in [-0.3, -0.25) is 5.32 Å². The van der Waals surface area contributed by atoms with Crippen LogP contribution in [0.25, 0.3) is 10.8 Å². The zero-order chi connectivity index (χ0) is 23.2. The number of rotatable bonds is 6. The summed E-state index contributed by atoms with van der Waals surface area (Å²) in [6, 6.07) is 23.6. The SMILES string of the molecule is O=C(Nc1cc(F)c(F)cc1C(=O)OCc1ccccc1)OCc1ccc2ccccc2c1. The van der Waals surface area contributed by atoms with Crippen molar-refractivity contribution in [1.82, 2.24) is 0 Å². The molecule has 0 fully saturated rings. The van der Waals surface area contributed by atoms with E-state index >= 15 is 0 Å². The first kappa shape index (κ1) is 22.0. The second-order valence-electron chi connectivity index (χ2n) is 7.26. The summed E-state index contributed by atoms with van der Waals surface area (Å²) in [5, 5.41) is 4.33. The van der Waals surface area contributed by atoms with Crippen molar-refractivity contribution in [2.75, 3.05) is 5.32 Å². The second kappa shape index (κ2) is 9.91. The Kier molecular flexibility index (Phi) is 6.59. The molecule has 4 aromatic rings. The average Bonchev–Trinajstić information content (AvgIpc) is 2.84. The fourth-order valence-corrected chi connectivity index (χ4v) is 3.24. The number of esters is 1. The smallest absolute Gasteiger partial charge is 0.411 e. The van der Waals surface area contributed by atoms with E-state index in [0.717, 1.165) is 21.9 Å². The van der Waals surface area contributed by atoms with Crippen molar-refractivity contribution in [2.24, 2.45) is 0 Å². The number of halogens is 2. The van der Waals surface area contributed by atoms with E-state index < -0.39 is 23.7 Å². The molecule has 0 spiro atoms. The predicted molar refractivity (Wildman–Crippen MR) is 120 cm³/mol. The molecule has 0 aromatic heterocycles. The number of hydrogen-bond donors (Lipinski definition) is 1. The van der Waals surface area contributed by atoms with E-state index in [4.69, 9.17) is 9.47 Å². The second-order valence-corrected chi connectivity index (χ2v) is 7.26. The lowest BCUT2D eigenvalue weighted by Crippen LogP contribution is -2.17. The molecule has 0 unspecified atom stereocenters. The molecule has 166 valence electrons. The third-order valence-electron chi connectivity index (χ3n) is 4.91. The van der Waals surface area contributed by atoms with Crippen molar-refractivity contribution in [2.45, 2.75) is 13.2 Å². The molecule has 0 radical (unpaired) electrons. The van der Waals surface area contributed by atoms with Crippen LogP contribution in [0.15, 0.2) is 84.9 Å². The van der Waals surface area contributed by atoms with Gasteiger partial charge in [-0.15, -0.1) is 0 Å². The van der Waals surface area contributed by atoms with Gasteiger partial charge in [-0.05, 0) is 34.0 Å². The summed E-state index contributed by atoms with van der Waals surface area (Å²) in [6.45, 7) is -0.112. The van der Waals surface area contributed by atoms with E-state index in [0.29, 0.717) is 12.1 Å². The van der Waals surface area contributed by atoms with Crippen LogP contribution in [0.1, 0.15) is 21.5 Å². The minimum absolute atomic E-state index is 0.0475. The first-order valence-corrected chi connectivity index (χ1v) is 10.1. The van der Waals surface area contributed by atoms with Crippen molar-refractivity contribution in [3.05, 3.63) is 113 Å². The molecule has 0 atom stereocenters. The summed E-state index contributed by atoms with van der Waals surface area (Å²) in [5.41, 5.74) is 0.886. The highest BCUT2D eigenvalue weighted by atomic mass is 19.2. The molecule has 1 N–H and O–H groups in total. The average molecular weight is 447 g/mol. The lowest BCUT2D eigenvalue weighted by molar-refractivity contribution is 0.0473. The maximum Gasteiger partial charge on any atom is 0.411 e. The first-order chi connectivity index (χ1) is 16.0. The van der Waals surface area contributed by atoms with Crippen molar-refractivity contribution in [3.8, 4) is 0 Å². The molecule has 0 heterocycles. The Labute approximate surface area is 188 Å². The molecule has 4 rings (SSSR count). The van der Waals surface area contributed by atoms with Crippen molar-refractivity contribution >= 4 is 28.5 Å². The highest BCUT2D eigenvalue weighted by Gasteiger charge is 2.20. The van der Waals surface area contributed by atoms with Gasteiger partial charge in [0.15, 0.2) is 11.6 Å². The molecule has 5 nitrogen and oxygen atoms in total. The number of ether oxygens (including phenoxy) is 2. The van der Waals surface area contributed by atoms with Crippen LogP contribution >= 0.6 is 0 Å². The quantitative estimate of drug-likeness (QED) is 0.356. The van der Waals surface area contributed by atoms with E-state index in [2.05, 4.69) is 5.32 Å².